The zero-order chi connectivity index (χ0) is 13.1. The molecule has 2 aromatic carbocycles. The number of hydrogen-bond donors (Lipinski definition) is 0. The van der Waals surface area contributed by atoms with Gasteiger partial charge in [0, 0.05) is 0 Å². The third kappa shape index (κ3) is 2.74. The summed E-state index contributed by atoms with van der Waals surface area (Å²) >= 11 is 0. The second-order valence-corrected chi connectivity index (χ2v) is 4.14. The van der Waals surface area contributed by atoms with E-state index < -0.39 is 5.97 Å². The average molecular weight is 244 g/mol. The van der Waals surface area contributed by atoms with Gasteiger partial charge in [0.2, 0.25) is 0 Å². The summed E-state index contributed by atoms with van der Waals surface area (Å²) in [7, 11) is 0. The quantitative estimate of drug-likeness (QED) is 0.595. The fourth-order valence-corrected chi connectivity index (χ4v) is 1.53. The molecule has 0 amide bonds. The topological polar surface area (TPSA) is 26.3 Å². The van der Waals surface area contributed by atoms with Gasteiger partial charge in [-0.15, -0.1) is 0 Å². The molecule has 92 valence electrons. The maximum Gasteiger partial charge on any atom is 0.343 e. The van der Waals surface area contributed by atoms with E-state index in [1.54, 1.807) is 12.1 Å². The third-order valence-corrected chi connectivity index (χ3v) is 2.77. The maximum atomic E-state index is 12.7. The Morgan fingerprint density at radius 1 is 1.00 bits per heavy atom. The Kier molecular flexibility index (Phi) is 3.42. The first kappa shape index (κ1) is 12.3. The summed E-state index contributed by atoms with van der Waals surface area (Å²) < 4.78 is 17.9. The van der Waals surface area contributed by atoms with Crippen LogP contribution >= 0.6 is 0 Å². The van der Waals surface area contributed by atoms with E-state index in [0.717, 1.165) is 11.1 Å². The van der Waals surface area contributed by atoms with E-state index in [-0.39, 0.29) is 5.82 Å². The summed E-state index contributed by atoms with van der Waals surface area (Å²) in [5, 5.41) is 0. The lowest BCUT2D eigenvalue weighted by Gasteiger charge is -2.06. The van der Waals surface area contributed by atoms with E-state index >= 15 is 0 Å². The fourth-order valence-electron chi connectivity index (χ4n) is 1.53. The molecule has 0 N–H and O–H groups in total. The highest BCUT2D eigenvalue weighted by molar-refractivity contribution is 5.91. The molecule has 2 rings (SSSR count). The monoisotopic (exact) mass is 244 g/mol. The van der Waals surface area contributed by atoms with E-state index in [2.05, 4.69) is 0 Å². The number of carbonyl (C=O) groups excluding carboxylic acids is 1. The number of aryl methyl sites for hydroxylation is 2. The normalized spacial score (nSPS) is 10.2. The first-order valence-electron chi connectivity index (χ1n) is 5.61. The van der Waals surface area contributed by atoms with Crippen LogP contribution in [0.5, 0.6) is 5.75 Å². The SMILES string of the molecule is Cc1ccc(OC(=O)c2ccc(F)cc2)cc1C. The van der Waals surface area contributed by atoms with Crippen LogP contribution in [0, 0.1) is 19.7 Å². The van der Waals surface area contributed by atoms with E-state index in [1.807, 2.05) is 19.9 Å². The van der Waals surface area contributed by atoms with Gasteiger partial charge in [-0.2, -0.15) is 0 Å². The highest BCUT2D eigenvalue weighted by Crippen LogP contribution is 2.17. The van der Waals surface area contributed by atoms with Crippen LogP contribution in [0.25, 0.3) is 0 Å². The minimum Gasteiger partial charge on any atom is -0.423 e. The second kappa shape index (κ2) is 5.00. The highest BCUT2D eigenvalue weighted by atomic mass is 19.1. The van der Waals surface area contributed by atoms with Crippen LogP contribution in [0.15, 0.2) is 42.5 Å². The van der Waals surface area contributed by atoms with Crippen LogP contribution < -0.4 is 4.74 Å². The van der Waals surface area contributed by atoms with Crippen LogP contribution in [0.1, 0.15) is 21.5 Å². The predicted octanol–water partition coefficient (Wildman–Crippen LogP) is 3.66. The lowest BCUT2D eigenvalue weighted by atomic mass is 10.1. The first-order valence-corrected chi connectivity index (χ1v) is 5.61. The smallest absolute Gasteiger partial charge is 0.343 e. The molecule has 0 aromatic heterocycles. The van der Waals surface area contributed by atoms with Gasteiger partial charge < -0.3 is 4.74 Å². The van der Waals surface area contributed by atoms with Gasteiger partial charge in [-0.05, 0) is 61.4 Å². The van der Waals surface area contributed by atoms with Crippen molar-refractivity contribution >= 4 is 5.97 Å². The van der Waals surface area contributed by atoms with E-state index in [4.69, 9.17) is 4.74 Å². The molecule has 0 saturated carbocycles. The molecular weight excluding hydrogens is 231 g/mol. The molecule has 0 spiro atoms. The van der Waals surface area contributed by atoms with Crippen molar-refractivity contribution in [3.8, 4) is 5.75 Å². The first-order chi connectivity index (χ1) is 8.56. The van der Waals surface area contributed by atoms with Gasteiger partial charge in [0.25, 0.3) is 0 Å². The van der Waals surface area contributed by atoms with Gasteiger partial charge in [-0.1, -0.05) is 6.07 Å². The number of benzene rings is 2. The lowest BCUT2D eigenvalue weighted by Crippen LogP contribution is -2.08. The third-order valence-electron chi connectivity index (χ3n) is 2.77. The zero-order valence-corrected chi connectivity index (χ0v) is 10.2. The van der Waals surface area contributed by atoms with Crippen molar-refractivity contribution in [2.45, 2.75) is 13.8 Å². The Morgan fingerprint density at radius 2 is 1.67 bits per heavy atom. The van der Waals surface area contributed by atoms with Crippen LogP contribution in [0.3, 0.4) is 0 Å². The number of halogens is 1. The van der Waals surface area contributed by atoms with Crippen LogP contribution in [0.4, 0.5) is 4.39 Å². The van der Waals surface area contributed by atoms with Crippen molar-refractivity contribution in [1.82, 2.24) is 0 Å². The summed E-state index contributed by atoms with van der Waals surface area (Å²) in [6.07, 6.45) is 0. The molecule has 0 atom stereocenters. The second-order valence-electron chi connectivity index (χ2n) is 4.14. The number of esters is 1. The Labute approximate surface area is 105 Å². The molecular formula is C15H13FO2. The van der Waals surface area contributed by atoms with E-state index in [9.17, 15) is 9.18 Å². The molecule has 0 fully saturated rings. The molecule has 0 bridgehead atoms. The predicted molar refractivity (Wildman–Crippen MR) is 67.3 cm³/mol. The molecule has 0 radical (unpaired) electrons. The summed E-state index contributed by atoms with van der Waals surface area (Å²) in [6, 6.07) is 10.7. The van der Waals surface area contributed by atoms with Crippen LogP contribution in [0.2, 0.25) is 0 Å². The Morgan fingerprint density at radius 3 is 2.28 bits per heavy atom. The van der Waals surface area contributed by atoms with Gasteiger partial charge in [-0.25, -0.2) is 9.18 Å². The average Bonchev–Trinajstić information content (AvgIpc) is 2.34. The van der Waals surface area contributed by atoms with Crippen molar-refractivity contribution in [2.75, 3.05) is 0 Å². The van der Waals surface area contributed by atoms with Crippen molar-refractivity contribution in [1.29, 1.82) is 0 Å². The van der Waals surface area contributed by atoms with E-state index in [1.165, 1.54) is 24.3 Å². The largest absolute Gasteiger partial charge is 0.423 e. The summed E-state index contributed by atoms with van der Waals surface area (Å²) in [6.45, 7) is 3.94. The fraction of sp³-hybridized carbons (Fsp3) is 0.133. The molecule has 0 aliphatic rings. The van der Waals surface area contributed by atoms with Gasteiger partial charge in [0.05, 0.1) is 5.56 Å². The highest BCUT2D eigenvalue weighted by Gasteiger charge is 2.08. The number of hydrogen-bond acceptors (Lipinski definition) is 2. The minimum absolute atomic E-state index is 0.328. The Hall–Kier alpha value is -2.16. The molecule has 2 nitrogen and oxygen atoms in total. The maximum absolute atomic E-state index is 12.7. The number of carbonyl (C=O) groups is 1. The van der Waals surface area contributed by atoms with Crippen molar-refractivity contribution < 1.29 is 13.9 Å². The summed E-state index contributed by atoms with van der Waals surface area (Å²) in [5.74, 6) is -0.372. The molecule has 3 heteroatoms. The molecule has 0 saturated heterocycles. The Bertz CT molecular complexity index is 574. The summed E-state index contributed by atoms with van der Waals surface area (Å²) in [5.41, 5.74) is 2.52. The summed E-state index contributed by atoms with van der Waals surface area (Å²) in [4.78, 5) is 11.8. The van der Waals surface area contributed by atoms with Crippen molar-refractivity contribution in [3.05, 3.63) is 65.0 Å². The molecule has 0 aliphatic heterocycles. The van der Waals surface area contributed by atoms with E-state index in [0.29, 0.717) is 11.3 Å². The zero-order valence-electron chi connectivity index (χ0n) is 10.2. The molecule has 0 aliphatic carbocycles. The van der Waals surface area contributed by atoms with Gasteiger partial charge >= 0.3 is 5.97 Å². The molecule has 18 heavy (non-hydrogen) atoms. The number of ether oxygens (including phenoxy) is 1. The van der Waals surface area contributed by atoms with Gasteiger partial charge in [0.15, 0.2) is 0 Å². The van der Waals surface area contributed by atoms with Crippen LogP contribution in [-0.4, -0.2) is 5.97 Å². The van der Waals surface area contributed by atoms with Crippen molar-refractivity contribution in [2.24, 2.45) is 0 Å². The minimum atomic E-state index is -0.488. The van der Waals surface area contributed by atoms with Crippen molar-refractivity contribution in [3.63, 3.8) is 0 Å². The standard InChI is InChI=1S/C15H13FO2/c1-10-3-8-14(9-11(10)2)18-15(17)12-4-6-13(16)7-5-12/h3-9H,1-2H3. The molecule has 0 heterocycles. The van der Waals surface area contributed by atoms with Gasteiger partial charge in [0.1, 0.15) is 11.6 Å². The number of rotatable bonds is 2. The van der Waals surface area contributed by atoms with Crippen LogP contribution in [-0.2, 0) is 0 Å². The molecule has 0 unspecified atom stereocenters. The Balaban J connectivity index is 2.16. The lowest BCUT2D eigenvalue weighted by molar-refractivity contribution is 0.0734. The molecule has 2 aromatic rings. The van der Waals surface area contributed by atoms with Gasteiger partial charge in [-0.3, -0.25) is 0 Å².